The van der Waals surface area contributed by atoms with E-state index in [9.17, 15) is 19.2 Å². The number of amides is 5. The molecule has 8 nitrogen and oxygen atoms in total. The van der Waals surface area contributed by atoms with Crippen LogP contribution >= 0.6 is 12.2 Å². The molecule has 2 atom stereocenters. The summed E-state index contributed by atoms with van der Waals surface area (Å²) in [6, 6.07) is 13.8. The second-order valence-corrected chi connectivity index (χ2v) is 9.22. The predicted octanol–water partition coefficient (Wildman–Crippen LogP) is 1.92. The van der Waals surface area contributed by atoms with Gasteiger partial charge in [-0.25, -0.2) is 4.79 Å². The number of thiocarbonyl (C=S) groups is 1. The number of urea groups is 1. The summed E-state index contributed by atoms with van der Waals surface area (Å²) >= 11 is 5.70. The first kappa shape index (κ1) is 21.3. The van der Waals surface area contributed by atoms with Crippen molar-refractivity contribution >= 4 is 46.6 Å². The van der Waals surface area contributed by atoms with E-state index in [0.717, 1.165) is 15.4 Å². The lowest BCUT2D eigenvalue weighted by Gasteiger charge is -2.43. The molecule has 0 saturated carbocycles. The van der Waals surface area contributed by atoms with Crippen molar-refractivity contribution in [2.24, 2.45) is 5.41 Å². The van der Waals surface area contributed by atoms with Gasteiger partial charge in [-0.1, -0.05) is 60.2 Å². The van der Waals surface area contributed by atoms with Gasteiger partial charge in [0.2, 0.25) is 0 Å². The SMILES string of the molecule is Cc1ccc2c(c1)[C@@]1(NC(=S)C3(C(=O)N(C)C(=O)N(C)C3=O)[C@@H]1c1ccccc1)C(=O)N2C. The van der Waals surface area contributed by atoms with E-state index >= 15 is 0 Å². The first-order valence-corrected chi connectivity index (χ1v) is 10.9. The van der Waals surface area contributed by atoms with E-state index in [1.165, 1.54) is 19.0 Å². The highest BCUT2D eigenvalue weighted by Gasteiger charge is 2.76. The number of likely N-dealkylation sites (N-methyl/N-ethyl adjacent to an activating group) is 1. The van der Waals surface area contributed by atoms with E-state index in [-0.39, 0.29) is 10.9 Å². The maximum atomic E-state index is 14.0. The molecule has 1 N–H and O–H groups in total. The van der Waals surface area contributed by atoms with Crippen LogP contribution in [-0.4, -0.2) is 59.7 Å². The number of nitrogens with zero attached hydrogens (tertiary/aromatic N) is 3. The van der Waals surface area contributed by atoms with E-state index in [4.69, 9.17) is 12.2 Å². The number of barbiturate groups is 1. The molecule has 9 heteroatoms. The van der Waals surface area contributed by atoms with Gasteiger partial charge in [-0.05, 0) is 18.6 Å². The van der Waals surface area contributed by atoms with Gasteiger partial charge < -0.3 is 10.2 Å². The molecule has 33 heavy (non-hydrogen) atoms. The van der Waals surface area contributed by atoms with Crippen molar-refractivity contribution in [3.8, 4) is 0 Å². The fraction of sp³-hybridized carbons (Fsp3) is 0.292. The Balaban J connectivity index is 1.89. The van der Waals surface area contributed by atoms with Crippen LogP contribution in [-0.2, 0) is 19.9 Å². The van der Waals surface area contributed by atoms with Crippen molar-refractivity contribution in [3.63, 3.8) is 0 Å². The van der Waals surface area contributed by atoms with E-state index in [0.29, 0.717) is 16.8 Å². The minimum atomic E-state index is -1.95. The number of fused-ring (bicyclic) bond motifs is 2. The van der Waals surface area contributed by atoms with Crippen LogP contribution in [0.2, 0.25) is 0 Å². The van der Waals surface area contributed by atoms with Crippen LogP contribution in [0.4, 0.5) is 10.5 Å². The van der Waals surface area contributed by atoms with Crippen LogP contribution in [0.5, 0.6) is 0 Å². The van der Waals surface area contributed by atoms with Crippen LogP contribution in [0.15, 0.2) is 48.5 Å². The molecule has 3 heterocycles. The average Bonchev–Trinajstić information content (AvgIpc) is 3.20. The molecule has 2 fully saturated rings. The number of rotatable bonds is 1. The molecule has 2 aromatic rings. The van der Waals surface area contributed by atoms with E-state index in [1.807, 2.05) is 31.2 Å². The minimum absolute atomic E-state index is 0.0614. The normalized spacial score (nSPS) is 26.0. The summed E-state index contributed by atoms with van der Waals surface area (Å²) in [4.78, 5) is 57.5. The minimum Gasteiger partial charge on any atom is -0.360 e. The molecule has 0 aliphatic carbocycles. The zero-order valence-corrected chi connectivity index (χ0v) is 19.4. The third-order valence-electron chi connectivity index (χ3n) is 7.11. The van der Waals surface area contributed by atoms with Crippen LogP contribution in [0.3, 0.4) is 0 Å². The van der Waals surface area contributed by atoms with Crippen LogP contribution < -0.4 is 10.2 Å². The number of carbonyl (C=O) groups is 4. The van der Waals surface area contributed by atoms with Gasteiger partial charge in [-0.2, -0.15) is 0 Å². The molecule has 5 rings (SSSR count). The lowest BCUT2D eigenvalue weighted by molar-refractivity contribution is -0.153. The summed E-state index contributed by atoms with van der Waals surface area (Å²) in [5.74, 6) is -2.81. The Kier molecular flexibility index (Phi) is 4.32. The Labute approximate surface area is 196 Å². The molecular weight excluding hydrogens is 440 g/mol. The van der Waals surface area contributed by atoms with Gasteiger partial charge in [0.25, 0.3) is 17.7 Å². The highest BCUT2D eigenvalue weighted by molar-refractivity contribution is 7.80. The number of nitrogens with one attached hydrogen (secondary N) is 1. The number of benzene rings is 2. The molecule has 3 aliphatic rings. The Bertz CT molecular complexity index is 1250. The third-order valence-corrected chi connectivity index (χ3v) is 7.53. The smallest absolute Gasteiger partial charge is 0.332 e. The topological polar surface area (TPSA) is 90.0 Å². The lowest BCUT2D eigenvalue weighted by Crippen LogP contribution is -2.66. The van der Waals surface area contributed by atoms with Crippen molar-refractivity contribution in [2.45, 2.75) is 18.4 Å². The van der Waals surface area contributed by atoms with Gasteiger partial charge in [0.1, 0.15) is 4.99 Å². The number of hydrogen-bond acceptors (Lipinski definition) is 5. The van der Waals surface area contributed by atoms with Crippen LogP contribution in [0.1, 0.15) is 22.6 Å². The van der Waals surface area contributed by atoms with Crippen molar-refractivity contribution in [1.82, 2.24) is 15.1 Å². The molecule has 5 amide bonds. The molecule has 0 radical (unpaired) electrons. The fourth-order valence-corrected chi connectivity index (χ4v) is 6.01. The number of anilines is 1. The zero-order valence-electron chi connectivity index (χ0n) is 18.6. The van der Waals surface area contributed by atoms with Crippen molar-refractivity contribution < 1.29 is 19.2 Å². The quantitative estimate of drug-likeness (QED) is 0.515. The zero-order chi connectivity index (χ0) is 23.9. The summed E-state index contributed by atoms with van der Waals surface area (Å²) in [6.45, 7) is 1.91. The monoisotopic (exact) mass is 462 g/mol. The van der Waals surface area contributed by atoms with Crippen LogP contribution in [0.25, 0.3) is 0 Å². The molecule has 2 spiro atoms. The van der Waals surface area contributed by atoms with Gasteiger partial charge >= 0.3 is 6.03 Å². The van der Waals surface area contributed by atoms with Gasteiger partial charge in [-0.3, -0.25) is 24.2 Å². The maximum Gasteiger partial charge on any atom is 0.332 e. The summed E-state index contributed by atoms with van der Waals surface area (Å²) in [6.07, 6.45) is 0. The van der Waals surface area contributed by atoms with E-state index < -0.39 is 34.7 Å². The van der Waals surface area contributed by atoms with Crippen LogP contribution in [0, 0.1) is 12.3 Å². The Morgan fingerprint density at radius 2 is 1.45 bits per heavy atom. The fourth-order valence-electron chi connectivity index (χ4n) is 5.56. The standard InChI is InChI=1S/C24H22N4O4S/c1-13-10-11-16-15(12-13)24(21(31)26(16)2)17(14-8-6-5-7-9-14)23(18(33)25-24)19(29)27(3)22(32)28(4)20(23)30/h5-12,17H,1-4H3,(H,25,33)/t17-,24-/m0/s1. The molecule has 3 aliphatic heterocycles. The molecule has 2 saturated heterocycles. The number of imide groups is 2. The van der Waals surface area contributed by atoms with Crippen molar-refractivity contribution in [3.05, 3.63) is 65.2 Å². The third kappa shape index (κ3) is 2.32. The molecule has 0 bridgehead atoms. The summed E-state index contributed by atoms with van der Waals surface area (Å²) in [5, 5.41) is 3.15. The highest BCUT2D eigenvalue weighted by atomic mass is 32.1. The largest absolute Gasteiger partial charge is 0.360 e. The number of aryl methyl sites for hydroxylation is 1. The Morgan fingerprint density at radius 3 is 2.06 bits per heavy atom. The molecule has 0 aromatic heterocycles. The molecular formula is C24H22N4O4S. The van der Waals surface area contributed by atoms with Gasteiger partial charge in [0, 0.05) is 32.4 Å². The van der Waals surface area contributed by atoms with Crippen molar-refractivity contribution in [2.75, 3.05) is 26.0 Å². The maximum absolute atomic E-state index is 14.0. The van der Waals surface area contributed by atoms with Gasteiger partial charge in [-0.15, -0.1) is 0 Å². The Morgan fingerprint density at radius 1 is 0.848 bits per heavy atom. The van der Waals surface area contributed by atoms with Crippen molar-refractivity contribution in [1.29, 1.82) is 0 Å². The molecule has 0 unspecified atom stereocenters. The summed E-state index contributed by atoms with van der Waals surface area (Å²) in [7, 11) is 4.31. The number of carbonyl (C=O) groups excluding carboxylic acids is 4. The summed E-state index contributed by atoms with van der Waals surface area (Å²) in [5.41, 5.74) is -0.600. The van der Waals surface area contributed by atoms with E-state index in [2.05, 4.69) is 5.32 Å². The van der Waals surface area contributed by atoms with Gasteiger partial charge in [0.15, 0.2) is 11.0 Å². The second-order valence-electron chi connectivity index (χ2n) is 8.81. The molecule has 2 aromatic carbocycles. The van der Waals surface area contributed by atoms with Gasteiger partial charge in [0.05, 0.1) is 5.92 Å². The average molecular weight is 463 g/mol. The lowest BCUT2D eigenvalue weighted by atomic mass is 9.62. The first-order chi connectivity index (χ1) is 15.6. The second kappa shape index (κ2) is 6.71. The van der Waals surface area contributed by atoms with E-state index in [1.54, 1.807) is 31.3 Å². The first-order valence-electron chi connectivity index (χ1n) is 10.5. The Hall–Kier alpha value is -3.59. The summed E-state index contributed by atoms with van der Waals surface area (Å²) < 4.78 is 0. The molecule has 168 valence electrons. The highest BCUT2D eigenvalue weighted by Crippen LogP contribution is 2.60. The predicted molar refractivity (Wildman–Crippen MR) is 125 cm³/mol. The number of hydrogen-bond donors (Lipinski definition) is 1.